The fourth-order valence-electron chi connectivity index (χ4n) is 6.45. The van der Waals surface area contributed by atoms with Crippen LogP contribution in [-0.4, -0.2) is 139 Å². The van der Waals surface area contributed by atoms with Crippen LogP contribution in [0.1, 0.15) is 74.1 Å². The van der Waals surface area contributed by atoms with Crippen molar-refractivity contribution in [1.82, 2.24) is 41.5 Å². The first-order valence-electron chi connectivity index (χ1n) is 16.8. The van der Waals surface area contributed by atoms with E-state index in [-0.39, 0.29) is 36.8 Å². The van der Waals surface area contributed by atoms with Gasteiger partial charge in [0.15, 0.2) is 0 Å². The Balaban J connectivity index is 2.20. The Labute approximate surface area is 281 Å². The molecule has 0 saturated carbocycles. The second-order valence-electron chi connectivity index (χ2n) is 14.2. The molecule has 0 radical (unpaired) electrons. The van der Waals surface area contributed by atoms with Crippen molar-refractivity contribution in [1.29, 1.82) is 0 Å². The molecule has 48 heavy (non-hydrogen) atoms. The van der Waals surface area contributed by atoms with Gasteiger partial charge >= 0.3 is 0 Å². The first kappa shape index (κ1) is 39.1. The summed E-state index contributed by atoms with van der Waals surface area (Å²) >= 11 is 0. The van der Waals surface area contributed by atoms with Gasteiger partial charge in [0.25, 0.3) is 17.7 Å². The molecule has 3 heterocycles. The molecule has 3 fully saturated rings. The molecule has 3 rings (SSSR count). The highest BCUT2D eigenvalue weighted by Gasteiger charge is 2.47. The third-order valence-corrected chi connectivity index (χ3v) is 9.06. The summed E-state index contributed by atoms with van der Waals surface area (Å²) in [6.07, 6.45) is -1.95. The average Bonchev–Trinajstić information content (AvgIpc) is 3.02. The molecule has 17 heteroatoms. The molecular weight excluding hydrogens is 628 g/mol. The number of aliphatic hydroxyl groups excluding tert-OH is 2. The minimum absolute atomic E-state index is 0.0290. The Bertz CT molecular complexity index is 1210. The van der Waals surface area contributed by atoms with Crippen LogP contribution in [0.25, 0.3) is 0 Å². The zero-order valence-electron chi connectivity index (χ0n) is 29.2. The predicted octanol–water partition coefficient (Wildman–Crippen LogP) is -1.92. The summed E-state index contributed by atoms with van der Waals surface area (Å²) in [5, 5.41) is 39.9. The summed E-state index contributed by atoms with van der Waals surface area (Å²) in [6, 6.07) is -8.00. The Hall–Kier alpha value is -3.38. The van der Waals surface area contributed by atoms with Crippen LogP contribution in [-0.2, 0) is 28.8 Å². The highest BCUT2D eigenvalue weighted by Crippen LogP contribution is 2.24. The third kappa shape index (κ3) is 8.61. The molecule has 272 valence electrons. The standard InChI is InChI=1S/C31H54N8O9/c1-15(2)12-22-29(45)38-21(13-19(41)14-33-38)28(44)36(8)25(17(5)6)31(47)37-20(10-9-11-32-37)26(42)35-24(18(7)40)27(43)34-23(16(3)4)30(46)39(22)48/h15-25,32-33,40-41,48H,9-14H2,1-8H3,(H,34,43)(H,35,42)/t18-,19-,20-,21-,22+,23-,24+,25+/m1/s1. The SMILES string of the molecule is CC(C)C[C@H]1C(=O)N2NC[C@H](O)C[C@@H]2C(=O)N(C)[C@@H](C(C)C)C(=O)N2NCCC[C@@H]2C(=O)N[C@@H]([C@@H](C)O)C(=O)N[C@H](C(C)C)C(=O)N1O. The van der Waals surface area contributed by atoms with Crippen molar-refractivity contribution in [2.24, 2.45) is 17.8 Å². The van der Waals surface area contributed by atoms with Gasteiger partial charge in [-0.3, -0.25) is 44.0 Å². The van der Waals surface area contributed by atoms with E-state index in [0.717, 1.165) is 10.0 Å². The topological polar surface area (TPSA) is 224 Å². The first-order valence-corrected chi connectivity index (χ1v) is 16.8. The smallest absolute Gasteiger partial charge is 0.269 e. The van der Waals surface area contributed by atoms with E-state index < -0.39 is 95.7 Å². The number of hydrogen-bond donors (Lipinski definition) is 7. The summed E-state index contributed by atoms with van der Waals surface area (Å²) < 4.78 is 0. The second kappa shape index (κ2) is 16.3. The van der Waals surface area contributed by atoms with Crippen molar-refractivity contribution in [3.8, 4) is 0 Å². The van der Waals surface area contributed by atoms with Crippen molar-refractivity contribution in [2.45, 2.75) is 123 Å². The normalized spacial score (nSPS) is 31.4. The molecular formula is C31H54N8O9. The Morgan fingerprint density at radius 2 is 1.38 bits per heavy atom. The molecule has 0 spiro atoms. The summed E-state index contributed by atoms with van der Waals surface area (Å²) in [7, 11) is 1.40. The maximum Gasteiger partial charge on any atom is 0.269 e. The van der Waals surface area contributed by atoms with Crippen molar-refractivity contribution < 1.29 is 44.2 Å². The lowest BCUT2D eigenvalue weighted by Gasteiger charge is -2.44. The van der Waals surface area contributed by atoms with Crippen LogP contribution in [0.3, 0.4) is 0 Å². The van der Waals surface area contributed by atoms with E-state index >= 15 is 0 Å². The Kier molecular flexibility index (Phi) is 13.3. The van der Waals surface area contributed by atoms with Crippen LogP contribution in [0.4, 0.5) is 0 Å². The highest BCUT2D eigenvalue weighted by molar-refractivity contribution is 5.98. The number of hydrazine groups is 2. The number of carbonyl (C=O) groups is 6. The quantitative estimate of drug-likeness (QED) is 0.158. The van der Waals surface area contributed by atoms with Crippen LogP contribution >= 0.6 is 0 Å². The molecule has 0 aromatic carbocycles. The first-order chi connectivity index (χ1) is 22.4. The summed E-state index contributed by atoms with van der Waals surface area (Å²) in [5.41, 5.74) is 5.73. The van der Waals surface area contributed by atoms with Crippen LogP contribution in [0, 0.1) is 17.8 Å². The number of amides is 6. The molecule has 3 saturated heterocycles. The molecule has 3 aliphatic rings. The molecule has 0 unspecified atom stereocenters. The maximum atomic E-state index is 14.2. The van der Waals surface area contributed by atoms with Gasteiger partial charge in [0.2, 0.25) is 17.7 Å². The lowest BCUT2D eigenvalue weighted by Crippen LogP contribution is -2.69. The van der Waals surface area contributed by atoms with Gasteiger partial charge in [-0.2, -0.15) is 0 Å². The number of hydrogen-bond acceptors (Lipinski definition) is 11. The lowest BCUT2D eigenvalue weighted by molar-refractivity contribution is -0.192. The van der Waals surface area contributed by atoms with Gasteiger partial charge in [-0.1, -0.05) is 41.5 Å². The fourth-order valence-corrected chi connectivity index (χ4v) is 6.45. The number of nitrogens with one attached hydrogen (secondary N) is 4. The van der Waals surface area contributed by atoms with Gasteiger partial charge in [0.1, 0.15) is 36.3 Å². The number of likely N-dealkylation sites (N-methyl/N-ethyl adjacent to an activating group) is 1. The van der Waals surface area contributed by atoms with Crippen molar-refractivity contribution in [3.05, 3.63) is 0 Å². The molecule has 0 bridgehead atoms. The monoisotopic (exact) mass is 682 g/mol. The van der Waals surface area contributed by atoms with Gasteiger partial charge < -0.3 is 25.7 Å². The van der Waals surface area contributed by atoms with E-state index in [1.54, 1.807) is 41.5 Å². The fraction of sp³-hybridized carbons (Fsp3) is 0.806. The minimum atomic E-state index is -1.54. The number of β-amino-alcohol motifs (C(OH)–C–C–N with tert-alkyl or cyclic N) is 1. The molecule has 0 aliphatic carbocycles. The molecule has 0 aromatic heterocycles. The second-order valence-corrected chi connectivity index (χ2v) is 14.2. The van der Waals surface area contributed by atoms with Crippen molar-refractivity contribution in [3.63, 3.8) is 0 Å². The number of carbonyl (C=O) groups excluding carboxylic acids is 6. The van der Waals surface area contributed by atoms with Crippen molar-refractivity contribution >= 4 is 35.4 Å². The van der Waals surface area contributed by atoms with Gasteiger partial charge in [-0.25, -0.2) is 15.9 Å². The van der Waals surface area contributed by atoms with Crippen LogP contribution in [0.15, 0.2) is 0 Å². The number of hydroxylamine groups is 2. The largest absolute Gasteiger partial charge is 0.392 e. The van der Waals surface area contributed by atoms with Crippen molar-refractivity contribution in [2.75, 3.05) is 20.1 Å². The zero-order valence-corrected chi connectivity index (χ0v) is 29.2. The van der Waals surface area contributed by atoms with Gasteiger partial charge in [-0.15, -0.1) is 0 Å². The van der Waals surface area contributed by atoms with E-state index in [1.807, 2.05) is 0 Å². The number of aliphatic hydroxyl groups is 2. The van der Waals surface area contributed by atoms with E-state index in [0.29, 0.717) is 13.0 Å². The predicted molar refractivity (Wildman–Crippen MR) is 171 cm³/mol. The summed E-state index contributed by atoms with van der Waals surface area (Å²) in [4.78, 5) is 84.9. The minimum Gasteiger partial charge on any atom is -0.392 e. The molecule has 7 N–H and O–H groups in total. The Morgan fingerprint density at radius 3 is 1.94 bits per heavy atom. The molecule has 6 amide bonds. The van der Waals surface area contributed by atoms with Crippen LogP contribution in [0.5, 0.6) is 0 Å². The maximum absolute atomic E-state index is 14.2. The number of nitrogens with zero attached hydrogens (tertiary/aromatic N) is 4. The number of fused-ring (bicyclic) bond motifs is 2. The number of rotatable bonds is 5. The van der Waals surface area contributed by atoms with Gasteiger partial charge in [0.05, 0.1) is 12.2 Å². The van der Waals surface area contributed by atoms with E-state index in [2.05, 4.69) is 21.5 Å². The molecule has 8 atom stereocenters. The van der Waals surface area contributed by atoms with E-state index in [4.69, 9.17) is 0 Å². The Morgan fingerprint density at radius 1 is 0.771 bits per heavy atom. The lowest BCUT2D eigenvalue weighted by atomic mass is 9.95. The third-order valence-electron chi connectivity index (χ3n) is 9.06. The molecule has 3 aliphatic heterocycles. The van der Waals surface area contributed by atoms with Gasteiger partial charge in [0, 0.05) is 26.6 Å². The average molecular weight is 683 g/mol. The highest BCUT2D eigenvalue weighted by atomic mass is 16.5. The van der Waals surface area contributed by atoms with E-state index in [9.17, 15) is 44.2 Å². The molecule has 0 aromatic rings. The van der Waals surface area contributed by atoms with Crippen LogP contribution < -0.4 is 21.5 Å². The summed E-state index contributed by atoms with van der Waals surface area (Å²) in [5.74, 6) is -6.08. The van der Waals surface area contributed by atoms with Gasteiger partial charge in [-0.05, 0) is 43.9 Å². The molecule has 17 nitrogen and oxygen atoms in total. The van der Waals surface area contributed by atoms with Crippen LogP contribution in [0.2, 0.25) is 0 Å². The zero-order chi connectivity index (χ0) is 36.2. The van der Waals surface area contributed by atoms with E-state index in [1.165, 1.54) is 18.9 Å². The summed E-state index contributed by atoms with van der Waals surface area (Å²) in [6.45, 7) is 11.8.